The number of likely N-dealkylation sites (tertiary alicyclic amines) is 1. The molecule has 0 saturated carbocycles. The third-order valence-corrected chi connectivity index (χ3v) is 3.46. The highest BCUT2D eigenvalue weighted by Gasteiger charge is 2.32. The maximum absolute atomic E-state index is 11.6. The van der Waals surface area contributed by atoms with Gasteiger partial charge >= 0.3 is 0 Å². The van der Waals surface area contributed by atoms with Gasteiger partial charge in [0.25, 0.3) is 0 Å². The predicted molar refractivity (Wildman–Crippen MR) is 79.2 cm³/mol. The van der Waals surface area contributed by atoms with Gasteiger partial charge in [-0.25, -0.2) is 0 Å². The summed E-state index contributed by atoms with van der Waals surface area (Å²) in [6, 6.07) is 0. The zero-order valence-corrected chi connectivity index (χ0v) is 13.2. The van der Waals surface area contributed by atoms with Crippen LogP contribution in [0.4, 0.5) is 0 Å². The van der Waals surface area contributed by atoms with Gasteiger partial charge in [-0.15, -0.1) is 0 Å². The van der Waals surface area contributed by atoms with Crippen molar-refractivity contribution in [3.05, 3.63) is 0 Å². The molecule has 1 N–H and O–H groups in total. The van der Waals surface area contributed by atoms with Crippen molar-refractivity contribution in [1.29, 1.82) is 0 Å². The summed E-state index contributed by atoms with van der Waals surface area (Å²) in [6.45, 7) is 9.12. The van der Waals surface area contributed by atoms with Crippen molar-refractivity contribution < 1.29 is 4.79 Å². The molecule has 0 aromatic heterocycles. The molecular weight excluding hydrogens is 240 g/mol. The van der Waals surface area contributed by atoms with E-state index < -0.39 is 0 Å². The van der Waals surface area contributed by atoms with Crippen LogP contribution in [0.25, 0.3) is 0 Å². The molecule has 5 heteroatoms. The van der Waals surface area contributed by atoms with Gasteiger partial charge in [-0.1, -0.05) is 20.8 Å². The molecule has 1 fully saturated rings. The van der Waals surface area contributed by atoms with E-state index in [4.69, 9.17) is 0 Å². The molecule has 1 aliphatic rings. The standard InChI is InChI=1S/C14H28N4O/c1-11-7-14(2,3)10-18(9-11)13(15-4)16-8-12(19)17(5)6/h11H,7-10H2,1-6H3,(H,15,16). The van der Waals surface area contributed by atoms with Crippen molar-refractivity contribution >= 4 is 11.9 Å². The maximum Gasteiger partial charge on any atom is 0.241 e. The molecule has 1 saturated heterocycles. The molecule has 1 atom stereocenters. The van der Waals surface area contributed by atoms with Crippen molar-refractivity contribution in [2.24, 2.45) is 16.3 Å². The largest absolute Gasteiger partial charge is 0.347 e. The van der Waals surface area contributed by atoms with Gasteiger partial charge < -0.3 is 15.1 Å². The Labute approximate surface area is 117 Å². The minimum absolute atomic E-state index is 0.0606. The summed E-state index contributed by atoms with van der Waals surface area (Å²) in [5.74, 6) is 1.53. The van der Waals surface area contributed by atoms with Crippen LogP contribution in [0.1, 0.15) is 27.2 Å². The number of carbonyl (C=O) groups is 1. The molecule has 5 nitrogen and oxygen atoms in total. The minimum atomic E-state index is 0.0606. The molecule has 1 amide bonds. The van der Waals surface area contributed by atoms with Crippen molar-refractivity contribution in [3.63, 3.8) is 0 Å². The van der Waals surface area contributed by atoms with Gasteiger partial charge in [-0.05, 0) is 17.8 Å². The van der Waals surface area contributed by atoms with E-state index in [1.807, 2.05) is 0 Å². The second kappa shape index (κ2) is 6.26. The number of rotatable bonds is 2. The van der Waals surface area contributed by atoms with Gasteiger partial charge in [0, 0.05) is 34.2 Å². The Morgan fingerprint density at radius 1 is 1.47 bits per heavy atom. The first-order valence-corrected chi connectivity index (χ1v) is 6.91. The summed E-state index contributed by atoms with van der Waals surface area (Å²) in [6.07, 6.45) is 1.23. The Balaban J connectivity index is 2.62. The number of amides is 1. The van der Waals surface area contributed by atoms with E-state index in [-0.39, 0.29) is 5.91 Å². The molecule has 0 aromatic carbocycles. The van der Waals surface area contributed by atoms with Crippen LogP contribution in [-0.2, 0) is 4.79 Å². The normalized spacial score (nSPS) is 23.2. The van der Waals surface area contributed by atoms with Gasteiger partial charge in [-0.3, -0.25) is 9.79 Å². The van der Waals surface area contributed by atoms with Gasteiger partial charge in [0.05, 0.1) is 6.54 Å². The molecule has 110 valence electrons. The Bertz CT molecular complexity index is 349. The lowest BCUT2D eigenvalue weighted by atomic mass is 9.79. The molecule has 0 radical (unpaired) electrons. The van der Waals surface area contributed by atoms with Crippen LogP contribution in [-0.4, -0.2) is 62.4 Å². The van der Waals surface area contributed by atoms with Crippen LogP contribution in [0, 0.1) is 11.3 Å². The van der Waals surface area contributed by atoms with Gasteiger partial charge in [0.1, 0.15) is 0 Å². The zero-order valence-electron chi connectivity index (χ0n) is 13.2. The van der Waals surface area contributed by atoms with Gasteiger partial charge in [-0.2, -0.15) is 0 Å². The second-order valence-corrected chi connectivity index (χ2v) is 6.54. The lowest BCUT2D eigenvalue weighted by Crippen LogP contribution is -2.52. The average Bonchev–Trinajstić information content (AvgIpc) is 2.26. The third-order valence-electron chi connectivity index (χ3n) is 3.46. The Kier molecular flexibility index (Phi) is 5.20. The topological polar surface area (TPSA) is 47.9 Å². The second-order valence-electron chi connectivity index (χ2n) is 6.54. The summed E-state index contributed by atoms with van der Waals surface area (Å²) in [7, 11) is 5.30. The number of carbonyl (C=O) groups excluding carboxylic acids is 1. The molecule has 19 heavy (non-hydrogen) atoms. The first-order chi connectivity index (χ1) is 8.75. The summed E-state index contributed by atoms with van der Waals surface area (Å²) in [5.41, 5.74) is 0.293. The lowest BCUT2D eigenvalue weighted by molar-refractivity contribution is -0.127. The van der Waals surface area contributed by atoms with E-state index in [9.17, 15) is 4.79 Å². The van der Waals surface area contributed by atoms with E-state index in [0.717, 1.165) is 19.0 Å². The van der Waals surface area contributed by atoms with Crippen LogP contribution in [0.5, 0.6) is 0 Å². The van der Waals surface area contributed by atoms with Crippen LogP contribution < -0.4 is 5.32 Å². The molecule has 1 rings (SSSR count). The Morgan fingerprint density at radius 2 is 2.11 bits per heavy atom. The van der Waals surface area contributed by atoms with Crippen LogP contribution in [0.15, 0.2) is 4.99 Å². The summed E-state index contributed by atoms with van der Waals surface area (Å²) in [5, 5.41) is 3.16. The average molecular weight is 268 g/mol. The number of nitrogens with zero attached hydrogens (tertiary/aromatic N) is 3. The number of piperidine rings is 1. The molecule has 0 aliphatic carbocycles. The lowest BCUT2D eigenvalue weighted by Gasteiger charge is -2.42. The highest BCUT2D eigenvalue weighted by Crippen LogP contribution is 2.31. The minimum Gasteiger partial charge on any atom is -0.347 e. The number of aliphatic imine (C=N–C) groups is 1. The first kappa shape index (κ1) is 15.8. The Hall–Kier alpha value is -1.26. The number of hydrogen-bond acceptors (Lipinski definition) is 2. The quantitative estimate of drug-likeness (QED) is 0.601. The maximum atomic E-state index is 11.6. The fourth-order valence-corrected chi connectivity index (χ4v) is 2.84. The van der Waals surface area contributed by atoms with E-state index in [2.05, 4.69) is 36.0 Å². The van der Waals surface area contributed by atoms with Crippen molar-refractivity contribution in [2.75, 3.05) is 40.8 Å². The summed E-state index contributed by atoms with van der Waals surface area (Å²) < 4.78 is 0. The molecule has 0 spiro atoms. The van der Waals surface area contributed by atoms with Gasteiger partial charge in [0.2, 0.25) is 5.91 Å². The van der Waals surface area contributed by atoms with Crippen molar-refractivity contribution in [2.45, 2.75) is 27.2 Å². The number of nitrogens with one attached hydrogen (secondary N) is 1. The van der Waals surface area contributed by atoms with E-state index in [1.165, 1.54) is 6.42 Å². The van der Waals surface area contributed by atoms with Crippen molar-refractivity contribution in [1.82, 2.24) is 15.1 Å². The van der Waals surface area contributed by atoms with Crippen molar-refractivity contribution in [3.8, 4) is 0 Å². The molecule has 1 aliphatic heterocycles. The number of hydrogen-bond donors (Lipinski definition) is 1. The monoisotopic (exact) mass is 268 g/mol. The van der Waals surface area contributed by atoms with E-state index in [0.29, 0.717) is 17.9 Å². The smallest absolute Gasteiger partial charge is 0.241 e. The molecule has 1 unspecified atom stereocenters. The first-order valence-electron chi connectivity index (χ1n) is 6.91. The number of likely N-dealkylation sites (N-methyl/N-ethyl adjacent to an activating group) is 1. The van der Waals surface area contributed by atoms with Crippen LogP contribution in [0.3, 0.4) is 0 Å². The molecular formula is C14H28N4O. The van der Waals surface area contributed by atoms with Crippen LogP contribution >= 0.6 is 0 Å². The SMILES string of the molecule is CN=C(NCC(=O)N(C)C)N1CC(C)CC(C)(C)C1. The summed E-state index contributed by atoms with van der Waals surface area (Å²) in [4.78, 5) is 19.8. The zero-order chi connectivity index (χ0) is 14.6. The molecule has 1 heterocycles. The fraction of sp³-hybridized carbons (Fsp3) is 0.857. The summed E-state index contributed by atoms with van der Waals surface area (Å²) >= 11 is 0. The molecule has 0 bridgehead atoms. The third kappa shape index (κ3) is 4.73. The van der Waals surface area contributed by atoms with E-state index in [1.54, 1.807) is 26.0 Å². The van der Waals surface area contributed by atoms with Gasteiger partial charge in [0.15, 0.2) is 5.96 Å². The fourth-order valence-electron chi connectivity index (χ4n) is 2.84. The highest BCUT2D eigenvalue weighted by molar-refractivity contribution is 5.86. The predicted octanol–water partition coefficient (Wildman–Crippen LogP) is 1.02. The highest BCUT2D eigenvalue weighted by atomic mass is 16.2. The Morgan fingerprint density at radius 3 is 2.58 bits per heavy atom. The molecule has 0 aromatic rings. The number of guanidine groups is 1. The van der Waals surface area contributed by atoms with E-state index >= 15 is 0 Å². The van der Waals surface area contributed by atoms with Crippen LogP contribution in [0.2, 0.25) is 0 Å².